The third-order valence-corrected chi connectivity index (χ3v) is 5.19. The summed E-state index contributed by atoms with van der Waals surface area (Å²) in [6.07, 6.45) is 7.10. The first-order valence-corrected chi connectivity index (χ1v) is 10.9. The number of alkyl halides is 3. The van der Waals surface area contributed by atoms with Gasteiger partial charge in [-0.3, -0.25) is 4.98 Å². The second kappa shape index (κ2) is 10.8. The van der Waals surface area contributed by atoms with Crippen molar-refractivity contribution in [1.82, 2.24) is 9.97 Å². The topological polar surface area (TPSA) is 48.2 Å². The van der Waals surface area contributed by atoms with Gasteiger partial charge in [0, 0.05) is 18.5 Å². The van der Waals surface area contributed by atoms with Gasteiger partial charge in [0.2, 0.25) is 5.89 Å². The SMILES string of the molecule is FC(F)(F)c1ccc(/C=C/c2nc(COc3ccc(CCCc4cccnc4)cc3)co2)cc1. The molecular formula is C27H23F3N2O2. The molecule has 4 rings (SSSR count). The molecule has 0 bridgehead atoms. The van der Waals surface area contributed by atoms with Gasteiger partial charge < -0.3 is 9.15 Å². The number of aromatic nitrogens is 2. The van der Waals surface area contributed by atoms with Gasteiger partial charge in [0.1, 0.15) is 24.3 Å². The number of nitrogens with zero attached hydrogens (tertiary/aromatic N) is 2. The summed E-state index contributed by atoms with van der Waals surface area (Å²) in [5.41, 5.74) is 3.03. The number of benzene rings is 2. The molecular weight excluding hydrogens is 441 g/mol. The molecule has 0 aliphatic heterocycles. The van der Waals surface area contributed by atoms with E-state index >= 15 is 0 Å². The highest BCUT2D eigenvalue weighted by molar-refractivity contribution is 5.66. The molecule has 0 spiro atoms. The molecule has 2 aromatic carbocycles. The van der Waals surface area contributed by atoms with Gasteiger partial charge >= 0.3 is 6.18 Å². The minimum Gasteiger partial charge on any atom is -0.487 e. The normalized spacial score (nSPS) is 11.7. The van der Waals surface area contributed by atoms with Crippen LogP contribution in [0.3, 0.4) is 0 Å². The van der Waals surface area contributed by atoms with E-state index in [0.29, 0.717) is 17.1 Å². The number of rotatable bonds is 9. The summed E-state index contributed by atoms with van der Waals surface area (Å²) in [5, 5.41) is 0. The van der Waals surface area contributed by atoms with Crippen LogP contribution >= 0.6 is 0 Å². The lowest BCUT2D eigenvalue weighted by Crippen LogP contribution is -2.03. The minimum absolute atomic E-state index is 0.248. The highest BCUT2D eigenvalue weighted by atomic mass is 19.4. The molecule has 0 saturated carbocycles. The van der Waals surface area contributed by atoms with Crippen molar-refractivity contribution in [3.8, 4) is 5.75 Å². The molecule has 7 heteroatoms. The van der Waals surface area contributed by atoms with Gasteiger partial charge in [0.25, 0.3) is 0 Å². The number of hydrogen-bond acceptors (Lipinski definition) is 4. The van der Waals surface area contributed by atoms with Gasteiger partial charge in [-0.2, -0.15) is 13.2 Å². The van der Waals surface area contributed by atoms with Crippen molar-refractivity contribution < 1.29 is 22.3 Å². The Bertz CT molecular complexity index is 1200. The number of hydrogen-bond donors (Lipinski definition) is 0. The Balaban J connectivity index is 1.23. The number of ether oxygens (including phenoxy) is 1. The Morgan fingerprint density at radius 3 is 2.35 bits per heavy atom. The number of halogens is 3. The smallest absolute Gasteiger partial charge is 0.416 e. The summed E-state index contributed by atoms with van der Waals surface area (Å²) in [4.78, 5) is 8.46. The van der Waals surface area contributed by atoms with E-state index in [1.54, 1.807) is 18.3 Å². The van der Waals surface area contributed by atoms with Crippen molar-refractivity contribution in [1.29, 1.82) is 0 Å². The molecule has 0 atom stereocenters. The van der Waals surface area contributed by atoms with Crippen LogP contribution in [0.4, 0.5) is 13.2 Å². The molecule has 4 nitrogen and oxygen atoms in total. The molecule has 0 fully saturated rings. The first kappa shape index (κ1) is 23.3. The van der Waals surface area contributed by atoms with Crippen molar-refractivity contribution in [3.05, 3.63) is 113 Å². The fourth-order valence-electron chi connectivity index (χ4n) is 3.37. The molecule has 0 radical (unpaired) electrons. The maximum Gasteiger partial charge on any atom is 0.416 e. The van der Waals surface area contributed by atoms with E-state index in [1.807, 2.05) is 24.4 Å². The van der Waals surface area contributed by atoms with Crippen LogP contribution in [0.5, 0.6) is 5.75 Å². The van der Waals surface area contributed by atoms with E-state index in [4.69, 9.17) is 9.15 Å². The molecule has 2 heterocycles. The summed E-state index contributed by atoms with van der Waals surface area (Å²) < 4.78 is 49.1. The molecule has 34 heavy (non-hydrogen) atoms. The Morgan fingerprint density at radius 1 is 0.882 bits per heavy atom. The van der Waals surface area contributed by atoms with Crippen molar-refractivity contribution in [2.45, 2.75) is 32.0 Å². The Hall–Kier alpha value is -3.87. The fraction of sp³-hybridized carbons (Fsp3) is 0.185. The maximum absolute atomic E-state index is 12.6. The molecule has 0 aliphatic carbocycles. The zero-order valence-corrected chi connectivity index (χ0v) is 18.3. The van der Waals surface area contributed by atoms with E-state index in [2.05, 4.69) is 28.2 Å². The summed E-state index contributed by atoms with van der Waals surface area (Å²) in [7, 11) is 0. The maximum atomic E-state index is 12.6. The predicted octanol–water partition coefficient (Wildman–Crippen LogP) is 7.01. The minimum atomic E-state index is -4.35. The van der Waals surface area contributed by atoms with Gasteiger partial charge in [-0.05, 0) is 72.4 Å². The summed E-state index contributed by atoms with van der Waals surface area (Å²) >= 11 is 0. The van der Waals surface area contributed by atoms with Crippen LogP contribution in [0.15, 0.2) is 83.7 Å². The fourth-order valence-corrected chi connectivity index (χ4v) is 3.37. The Labute approximate surface area is 195 Å². The summed E-state index contributed by atoms with van der Waals surface area (Å²) in [5.74, 6) is 1.09. The number of aryl methyl sites for hydroxylation is 2. The van der Waals surface area contributed by atoms with Crippen LogP contribution in [0.1, 0.15) is 40.3 Å². The van der Waals surface area contributed by atoms with Crippen molar-refractivity contribution >= 4 is 12.2 Å². The number of oxazole rings is 1. The van der Waals surface area contributed by atoms with Crippen LogP contribution in [0.2, 0.25) is 0 Å². The van der Waals surface area contributed by atoms with Gasteiger partial charge in [0.05, 0.1) is 5.56 Å². The second-order valence-corrected chi connectivity index (χ2v) is 7.78. The van der Waals surface area contributed by atoms with Gasteiger partial charge in [-0.15, -0.1) is 0 Å². The van der Waals surface area contributed by atoms with Gasteiger partial charge in [-0.25, -0.2) is 4.98 Å². The third-order valence-electron chi connectivity index (χ3n) is 5.19. The average molecular weight is 464 g/mol. The van der Waals surface area contributed by atoms with Crippen molar-refractivity contribution in [3.63, 3.8) is 0 Å². The predicted molar refractivity (Wildman–Crippen MR) is 124 cm³/mol. The molecule has 0 aliphatic rings. The molecule has 0 amide bonds. The van der Waals surface area contributed by atoms with E-state index < -0.39 is 11.7 Å². The zero-order chi connectivity index (χ0) is 23.8. The molecule has 0 unspecified atom stereocenters. The standard InChI is InChI=1S/C27H23F3N2O2/c28-27(29,30)23-11-6-21(7-12-23)10-15-26-32-24(19-34-26)18-33-25-13-8-20(9-14-25)3-1-4-22-5-2-16-31-17-22/h2,5-17,19H,1,3-4,18H2/b15-10+. The average Bonchev–Trinajstić information content (AvgIpc) is 3.30. The van der Waals surface area contributed by atoms with Gasteiger partial charge in [0.15, 0.2) is 0 Å². The summed E-state index contributed by atoms with van der Waals surface area (Å²) in [6, 6.07) is 16.9. The molecule has 2 aromatic heterocycles. The lowest BCUT2D eigenvalue weighted by atomic mass is 10.1. The monoisotopic (exact) mass is 464 g/mol. The first-order chi connectivity index (χ1) is 16.5. The van der Waals surface area contributed by atoms with Crippen molar-refractivity contribution in [2.24, 2.45) is 0 Å². The van der Waals surface area contributed by atoms with E-state index in [-0.39, 0.29) is 6.61 Å². The van der Waals surface area contributed by atoms with Crippen LogP contribution < -0.4 is 4.74 Å². The molecule has 4 aromatic rings. The summed E-state index contributed by atoms with van der Waals surface area (Å²) in [6.45, 7) is 0.248. The van der Waals surface area contributed by atoms with Gasteiger partial charge in [-0.1, -0.05) is 30.3 Å². The molecule has 0 saturated heterocycles. The highest BCUT2D eigenvalue weighted by Crippen LogP contribution is 2.29. The van der Waals surface area contributed by atoms with Crippen LogP contribution in [0.25, 0.3) is 12.2 Å². The number of pyridine rings is 1. The third kappa shape index (κ3) is 6.81. The quantitative estimate of drug-likeness (QED) is 0.267. The van der Waals surface area contributed by atoms with E-state index in [0.717, 1.165) is 37.1 Å². The largest absolute Gasteiger partial charge is 0.487 e. The highest BCUT2D eigenvalue weighted by Gasteiger charge is 2.29. The van der Waals surface area contributed by atoms with Crippen LogP contribution in [-0.4, -0.2) is 9.97 Å². The lowest BCUT2D eigenvalue weighted by molar-refractivity contribution is -0.137. The lowest BCUT2D eigenvalue weighted by Gasteiger charge is -2.06. The first-order valence-electron chi connectivity index (χ1n) is 10.9. The van der Waals surface area contributed by atoms with E-state index in [1.165, 1.54) is 29.5 Å². The van der Waals surface area contributed by atoms with Crippen molar-refractivity contribution in [2.75, 3.05) is 0 Å². The van der Waals surface area contributed by atoms with Crippen LogP contribution in [-0.2, 0) is 25.6 Å². The molecule has 174 valence electrons. The van der Waals surface area contributed by atoms with Crippen LogP contribution in [0, 0.1) is 0 Å². The zero-order valence-electron chi connectivity index (χ0n) is 18.3. The second-order valence-electron chi connectivity index (χ2n) is 7.78. The van der Waals surface area contributed by atoms with E-state index in [9.17, 15) is 13.2 Å². The Kier molecular flexibility index (Phi) is 7.42. The Morgan fingerprint density at radius 2 is 1.65 bits per heavy atom. The molecule has 0 N–H and O–H groups in total.